The van der Waals surface area contributed by atoms with E-state index < -0.39 is 11.9 Å². The molecule has 0 radical (unpaired) electrons. The first-order valence-electron chi connectivity index (χ1n) is 9.36. The van der Waals surface area contributed by atoms with E-state index >= 15 is 0 Å². The van der Waals surface area contributed by atoms with E-state index in [0.29, 0.717) is 29.8 Å². The fourth-order valence-corrected chi connectivity index (χ4v) is 3.52. The normalized spacial score (nSPS) is 16.7. The molecule has 5 nitrogen and oxygen atoms in total. The predicted molar refractivity (Wildman–Crippen MR) is 101 cm³/mol. The third kappa shape index (κ3) is 4.31. The minimum absolute atomic E-state index is 0.0586. The van der Waals surface area contributed by atoms with Crippen LogP contribution in [0.5, 0.6) is 0 Å². The Morgan fingerprint density at radius 1 is 1.14 bits per heavy atom. The standard InChI is InChI=1S/C21H19F3N4O/c22-21(23,24)19-11-15(8-9-25-19)18-13-17-12-16(7-4-10-28(17)27-18)26-20(29)14-5-2-1-3-6-14/h1-3,5-6,8-9,11,13,16H,4,7,10,12H2,(H,26,29)/t16-/m1/s1. The Morgan fingerprint density at radius 3 is 2.69 bits per heavy atom. The largest absolute Gasteiger partial charge is 0.433 e. The number of alkyl halides is 3. The highest BCUT2D eigenvalue weighted by atomic mass is 19.4. The highest BCUT2D eigenvalue weighted by Gasteiger charge is 2.32. The molecule has 0 bridgehead atoms. The molecule has 8 heteroatoms. The van der Waals surface area contributed by atoms with Crippen LogP contribution in [0.15, 0.2) is 54.7 Å². The zero-order chi connectivity index (χ0) is 20.4. The van der Waals surface area contributed by atoms with Gasteiger partial charge in [0.25, 0.3) is 5.91 Å². The summed E-state index contributed by atoms with van der Waals surface area (Å²) < 4.78 is 40.7. The highest BCUT2D eigenvalue weighted by molar-refractivity contribution is 5.94. The second-order valence-electron chi connectivity index (χ2n) is 7.05. The van der Waals surface area contributed by atoms with Gasteiger partial charge in [0.05, 0.1) is 5.69 Å². The Balaban J connectivity index is 1.53. The summed E-state index contributed by atoms with van der Waals surface area (Å²) in [6.07, 6.45) is -1.16. The Morgan fingerprint density at radius 2 is 1.93 bits per heavy atom. The van der Waals surface area contributed by atoms with Gasteiger partial charge < -0.3 is 5.32 Å². The first kappa shape index (κ1) is 19.2. The molecule has 29 heavy (non-hydrogen) atoms. The lowest BCUT2D eigenvalue weighted by molar-refractivity contribution is -0.141. The van der Waals surface area contributed by atoms with E-state index in [-0.39, 0.29) is 11.9 Å². The maximum absolute atomic E-state index is 12.9. The number of amides is 1. The summed E-state index contributed by atoms with van der Waals surface area (Å²) in [6.45, 7) is 0.657. The molecule has 2 aromatic heterocycles. The summed E-state index contributed by atoms with van der Waals surface area (Å²) in [5.41, 5.74) is 1.40. The lowest BCUT2D eigenvalue weighted by Crippen LogP contribution is -2.36. The maximum atomic E-state index is 12.9. The molecule has 1 N–H and O–H groups in total. The van der Waals surface area contributed by atoms with Crippen molar-refractivity contribution in [3.63, 3.8) is 0 Å². The summed E-state index contributed by atoms with van der Waals surface area (Å²) in [7, 11) is 0. The number of nitrogens with zero attached hydrogens (tertiary/aromatic N) is 3. The van der Waals surface area contributed by atoms with Gasteiger partial charge in [-0.3, -0.25) is 14.5 Å². The van der Waals surface area contributed by atoms with Crippen molar-refractivity contribution in [2.45, 2.75) is 38.0 Å². The van der Waals surface area contributed by atoms with Crippen LogP contribution in [-0.2, 0) is 19.1 Å². The quantitative estimate of drug-likeness (QED) is 0.720. The first-order valence-corrected chi connectivity index (χ1v) is 9.36. The van der Waals surface area contributed by atoms with Crippen molar-refractivity contribution in [2.24, 2.45) is 0 Å². The van der Waals surface area contributed by atoms with Gasteiger partial charge >= 0.3 is 6.18 Å². The van der Waals surface area contributed by atoms with Gasteiger partial charge in [-0.05, 0) is 43.2 Å². The van der Waals surface area contributed by atoms with Gasteiger partial charge in [-0.25, -0.2) is 0 Å². The molecular formula is C21H19F3N4O. The van der Waals surface area contributed by atoms with Gasteiger partial charge in [0.15, 0.2) is 0 Å². The molecule has 0 spiro atoms. The van der Waals surface area contributed by atoms with Crippen molar-refractivity contribution in [2.75, 3.05) is 0 Å². The van der Waals surface area contributed by atoms with Crippen molar-refractivity contribution >= 4 is 5.91 Å². The number of rotatable bonds is 3. The van der Waals surface area contributed by atoms with Crippen LogP contribution < -0.4 is 5.32 Å². The molecule has 4 rings (SSSR count). The third-order valence-corrected chi connectivity index (χ3v) is 4.96. The number of nitrogens with one attached hydrogen (secondary N) is 1. The number of pyridine rings is 1. The number of halogens is 3. The van der Waals surface area contributed by atoms with Gasteiger partial charge in [0.2, 0.25) is 0 Å². The monoisotopic (exact) mass is 400 g/mol. The van der Waals surface area contributed by atoms with E-state index in [1.807, 2.05) is 22.9 Å². The van der Waals surface area contributed by atoms with Crippen molar-refractivity contribution in [1.29, 1.82) is 0 Å². The van der Waals surface area contributed by atoms with Crippen LogP contribution >= 0.6 is 0 Å². The zero-order valence-corrected chi connectivity index (χ0v) is 15.5. The number of hydrogen-bond acceptors (Lipinski definition) is 3. The fraction of sp³-hybridized carbons (Fsp3) is 0.286. The Bertz CT molecular complexity index is 1010. The van der Waals surface area contributed by atoms with Gasteiger partial charge in [-0.1, -0.05) is 18.2 Å². The van der Waals surface area contributed by atoms with Crippen LogP contribution in [0, 0.1) is 0 Å². The van der Waals surface area contributed by atoms with Crippen LogP contribution in [0.2, 0.25) is 0 Å². The van der Waals surface area contributed by atoms with Crippen LogP contribution in [0.4, 0.5) is 13.2 Å². The fourth-order valence-electron chi connectivity index (χ4n) is 3.52. The molecule has 0 aliphatic carbocycles. The zero-order valence-electron chi connectivity index (χ0n) is 15.5. The van der Waals surface area contributed by atoms with E-state index in [2.05, 4.69) is 15.4 Å². The second kappa shape index (κ2) is 7.69. The Kier molecular flexibility index (Phi) is 5.08. The van der Waals surface area contributed by atoms with Crippen molar-refractivity contribution < 1.29 is 18.0 Å². The average Bonchev–Trinajstić information content (AvgIpc) is 3.01. The van der Waals surface area contributed by atoms with Crippen molar-refractivity contribution in [3.05, 3.63) is 71.7 Å². The minimum atomic E-state index is -4.50. The summed E-state index contributed by atoms with van der Waals surface area (Å²) >= 11 is 0. The van der Waals surface area contributed by atoms with Gasteiger partial charge in [0.1, 0.15) is 5.69 Å². The number of aryl methyl sites for hydroxylation is 1. The van der Waals surface area contributed by atoms with E-state index in [1.165, 1.54) is 6.07 Å². The predicted octanol–water partition coefficient (Wildman–Crippen LogP) is 4.10. The van der Waals surface area contributed by atoms with Gasteiger partial charge in [0, 0.05) is 42.0 Å². The molecule has 1 aliphatic rings. The molecule has 1 aliphatic heterocycles. The highest BCUT2D eigenvalue weighted by Crippen LogP contribution is 2.30. The molecule has 0 unspecified atom stereocenters. The van der Waals surface area contributed by atoms with Crippen LogP contribution in [-0.4, -0.2) is 26.7 Å². The van der Waals surface area contributed by atoms with E-state index in [1.54, 1.807) is 18.2 Å². The van der Waals surface area contributed by atoms with E-state index in [0.717, 1.165) is 30.8 Å². The number of fused-ring (bicyclic) bond motifs is 1. The molecule has 0 saturated heterocycles. The van der Waals surface area contributed by atoms with Crippen molar-refractivity contribution in [1.82, 2.24) is 20.1 Å². The first-order chi connectivity index (χ1) is 13.9. The lowest BCUT2D eigenvalue weighted by Gasteiger charge is -2.16. The number of hydrogen-bond donors (Lipinski definition) is 1. The average molecular weight is 400 g/mol. The molecule has 1 aromatic carbocycles. The molecule has 0 saturated carbocycles. The SMILES string of the molecule is O=C(N[C@@H]1CCCn2nc(-c3ccnc(C(F)(F)F)c3)cc2C1)c1ccccc1. The molecule has 3 aromatic rings. The molecule has 0 fully saturated rings. The van der Waals surface area contributed by atoms with Crippen LogP contribution in [0.25, 0.3) is 11.3 Å². The van der Waals surface area contributed by atoms with Gasteiger partial charge in [-0.15, -0.1) is 0 Å². The number of carbonyl (C=O) groups is 1. The lowest BCUT2D eigenvalue weighted by atomic mass is 10.1. The van der Waals surface area contributed by atoms with Gasteiger partial charge in [-0.2, -0.15) is 18.3 Å². The number of aromatic nitrogens is 3. The molecule has 1 atom stereocenters. The Labute approximate surface area is 165 Å². The third-order valence-electron chi connectivity index (χ3n) is 4.96. The summed E-state index contributed by atoms with van der Waals surface area (Å²) in [5.74, 6) is -0.132. The van der Waals surface area contributed by atoms with Crippen LogP contribution in [0.3, 0.4) is 0 Å². The summed E-state index contributed by atoms with van der Waals surface area (Å²) in [5, 5.41) is 7.54. The Hall–Kier alpha value is -3.16. The van der Waals surface area contributed by atoms with Crippen LogP contribution in [0.1, 0.15) is 34.6 Å². The van der Waals surface area contributed by atoms with E-state index in [4.69, 9.17) is 0 Å². The topological polar surface area (TPSA) is 59.8 Å². The number of benzene rings is 1. The number of carbonyl (C=O) groups excluding carboxylic acids is 1. The second-order valence-corrected chi connectivity index (χ2v) is 7.05. The molecule has 3 heterocycles. The molecular weight excluding hydrogens is 381 g/mol. The summed E-state index contributed by atoms with van der Waals surface area (Å²) in [4.78, 5) is 15.8. The smallest absolute Gasteiger partial charge is 0.349 e. The molecule has 150 valence electrons. The molecule has 1 amide bonds. The van der Waals surface area contributed by atoms with Crippen molar-refractivity contribution in [3.8, 4) is 11.3 Å². The maximum Gasteiger partial charge on any atom is 0.433 e. The van der Waals surface area contributed by atoms with E-state index in [9.17, 15) is 18.0 Å². The minimum Gasteiger partial charge on any atom is -0.349 e. The summed E-state index contributed by atoms with van der Waals surface area (Å²) in [6, 6.07) is 13.3.